The van der Waals surface area contributed by atoms with Gasteiger partial charge in [0.15, 0.2) is 0 Å². The zero-order chi connectivity index (χ0) is 8.81. The van der Waals surface area contributed by atoms with Crippen LogP contribution in [0.5, 0.6) is 0 Å². The minimum Gasteiger partial charge on any atom is -0.368 e. The van der Waals surface area contributed by atoms with Crippen molar-refractivity contribution in [1.29, 1.82) is 0 Å². The van der Waals surface area contributed by atoms with Gasteiger partial charge in [0, 0.05) is 0 Å². The maximum Gasteiger partial charge on any atom is 0.247 e. The molecule has 0 unspecified atom stereocenters. The summed E-state index contributed by atoms with van der Waals surface area (Å²) in [7, 11) is 0. The van der Waals surface area contributed by atoms with Gasteiger partial charge in [-0.2, -0.15) is 0 Å². The second-order valence-corrected chi connectivity index (χ2v) is 3.03. The molecule has 0 atom stereocenters. The molecule has 2 nitrogen and oxygen atoms in total. The van der Waals surface area contributed by atoms with Crippen LogP contribution in [0.4, 0.5) is 0 Å². The molecule has 0 saturated carbocycles. The van der Waals surface area contributed by atoms with E-state index in [4.69, 9.17) is 16.3 Å². The highest BCUT2D eigenvalue weighted by Crippen LogP contribution is 2.09. The summed E-state index contributed by atoms with van der Waals surface area (Å²) < 4.78 is 5.03. The minimum absolute atomic E-state index is 0.00721. The Hall–Kier alpha value is -0.600. The lowest BCUT2D eigenvalue weighted by Gasteiger charge is -2.05. The number of halogens is 1. The number of allylic oxidation sites excluding steroid dienone is 2. The van der Waals surface area contributed by atoms with Crippen molar-refractivity contribution in [1.82, 2.24) is 0 Å². The minimum atomic E-state index is -0.449. The maximum atomic E-state index is 10.3. The Morgan fingerprint density at radius 2 is 2.42 bits per heavy atom. The SMILES string of the molecule is O=C(Cl)COCC1=CCCC=C1. The number of carbonyl (C=O) groups is 1. The fourth-order valence-corrected chi connectivity index (χ4v) is 1.10. The van der Waals surface area contributed by atoms with Crippen LogP contribution in [-0.2, 0) is 9.53 Å². The topological polar surface area (TPSA) is 26.3 Å². The molecule has 0 radical (unpaired) electrons. The molecule has 66 valence electrons. The lowest BCUT2D eigenvalue weighted by molar-refractivity contribution is -0.115. The summed E-state index contributed by atoms with van der Waals surface area (Å²) in [6.07, 6.45) is 8.38. The molecule has 1 aliphatic carbocycles. The zero-order valence-electron chi connectivity index (χ0n) is 6.75. The molecular formula is C9H11ClO2. The number of carbonyl (C=O) groups excluding carboxylic acids is 1. The summed E-state index contributed by atoms with van der Waals surface area (Å²) in [5, 5.41) is -0.449. The standard InChI is InChI=1S/C9H11ClO2/c10-9(11)7-12-6-8-4-2-1-3-5-8/h2,4-5H,1,3,6-7H2. The molecule has 1 aliphatic rings. The van der Waals surface area contributed by atoms with Crippen molar-refractivity contribution in [2.75, 3.05) is 13.2 Å². The molecule has 0 N–H and O–H groups in total. The van der Waals surface area contributed by atoms with Crippen LogP contribution in [0.3, 0.4) is 0 Å². The second kappa shape index (κ2) is 5.12. The van der Waals surface area contributed by atoms with E-state index < -0.39 is 5.24 Å². The van der Waals surface area contributed by atoms with E-state index in [2.05, 4.69) is 12.2 Å². The van der Waals surface area contributed by atoms with E-state index >= 15 is 0 Å². The Bertz CT molecular complexity index is 219. The fraction of sp³-hybridized carbons (Fsp3) is 0.444. The predicted octanol–water partition coefficient (Wildman–Crippen LogP) is 2.04. The van der Waals surface area contributed by atoms with E-state index in [0.717, 1.165) is 18.4 Å². The molecule has 0 aromatic heterocycles. The third kappa shape index (κ3) is 3.69. The number of hydrogen-bond donors (Lipinski definition) is 0. The fourth-order valence-electron chi connectivity index (χ4n) is 1.02. The summed E-state index contributed by atoms with van der Waals surface area (Å²) in [6.45, 7) is 0.474. The average Bonchev–Trinajstić information content (AvgIpc) is 2.05. The Labute approximate surface area is 76.9 Å². The summed E-state index contributed by atoms with van der Waals surface area (Å²) >= 11 is 5.09. The van der Waals surface area contributed by atoms with Crippen molar-refractivity contribution >= 4 is 16.8 Å². The van der Waals surface area contributed by atoms with Gasteiger partial charge in [-0.15, -0.1) is 0 Å². The number of rotatable bonds is 4. The second-order valence-electron chi connectivity index (χ2n) is 2.61. The molecule has 0 bridgehead atoms. The first kappa shape index (κ1) is 9.49. The van der Waals surface area contributed by atoms with Crippen molar-refractivity contribution in [3.63, 3.8) is 0 Å². The number of hydrogen-bond acceptors (Lipinski definition) is 2. The molecule has 0 aliphatic heterocycles. The summed E-state index contributed by atoms with van der Waals surface area (Å²) in [6, 6.07) is 0. The van der Waals surface area contributed by atoms with E-state index in [0.29, 0.717) is 6.61 Å². The van der Waals surface area contributed by atoms with Crippen molar-refractivity contribution in [2.24, 2.45) is 0 Å². The predicted molar refractivity (Wildman–Crippen MR) is 48.1 cm³/mol. The molecule has 0 heterocycles. The molecule has 0 saturated heterocycles. The molecule has 12 heavy (non-hydrogen) atoms. The molecular weight excluding hydrogens is 176 g/mol. The van der Waals surface area contributed by atoms with Gasteiger partial charge in [0.2, 0.25) is 5.24 Å². The first-order chi connectivity index (χ1) is 5.79. The van der Waals surface area contributed by atoms with Gasteiger partial charge in [-0.25, -0.2) is 0 Å². The van der Waals surface area contributed by atoms with Crippen LogP contribution in [-0.4, -0.2) is 18.5 Å². The van der Waals surface area contributed by atoms with Gasteiger partial charge in [-0.1, -0.05) is 18.2 Å². The van der Waals surface area contributed by atoms with Gasteiger partial charge < -0.3 is 4.74 Å². The number of ether oxygens (including phenoxy) is 1. The Morgan fingerprint density at radius 1 is 1.58 bits per heavy atom. The van der Waals surface area contributed by atoms with Crippen molar-refractivity contribution in [3.8, 4) is 0 Å². The Morgan fingerprint density at radius 3 is 3.00 bits per heavy atom. The van der Waals surface area contributed by atoms with Gasteiger partial charge in [0.1, 0.15) is 6.61 Å². The molecule has 0 spiro atoms. The van der Waals surface area contributed by atoms with Crippen LogP contribution in [0.2, 0.25) is 0 Å². The van der Waals surface area contributed by atoms with Crippen LogP contribution in [0.15, 0.2) is 23.8 Å². The molecule has 0 fully saturated rings. The highest BCUT2D eigenvalue weighted by atomic mass is 35.5. The van der Waals surface area contributed by atoms with E-state index in [1.807, 2.05) is 6.08 Å². The molecule has 1 rings (SSSR count). The van der Waals surface area contributed by atoms with Crippen molar-refractivity contribution in [2.45, 2.75) is 12.8 Å². The Balaban J connectivity index is 2.18. The van der Waals surface area contributed by atoms with E-state index in [9.17, 15) is 4.79 Å². The Kier molecular flexibility index (Phi) is 4.05. The highest BCUT2D eigenvalue weighted by Gasteiger charge is 1.99. The molecule has 0 amide bonds. The molecule has 3 heteroatoms. The van der Waals surface area contributed by atoms with E-state index in [1.165, 1.54) is 0 Å². The van der Waals surface area contributed by atoms with Crippen LogP contribution >= 0.6 is 11.6 Å². The van der Waals surface area contributed by atoms with Crippen LogP contribution in [0, 0.1) is 0 Å². The molecule has 0 aromatic rings. The van der Waals surface area contributed by atoms with E-state index in [1.54, 1.807) is 0 Å². The maximum absolute atomic E-state index is 10.3. The first-order valence-electron chi connectivity index (χ1n) is 3.90. The monoisotopic (exact) mass is 186 g/mol. The normalized spacial score (nSPS) is 15.9. The smallest absolute Gasteiger partial charge is 0.247 e. The van der Waals surface area contributed by atoms with Gasteiger partial charge in [0.05, 0.1) is 6.61 Å². The summed E-state index contributed by atoms with van der Waals surface area (Å²) in [5.41, 5.74) is 1.12. The summed E-state index contributed by atoms with van der Waals surface area (Å²) in [4.78, 5) is 10.3. The van der Waals surface area contributed by atoms with Crippen LogP contribution in [0.1, 0.15) is 12.8 Å². The van der Waals surface area contributed by atoms with E-state index in [-0.39, 0.29) is 6.61 Å². The van der Waals surface area contributed by atoms with Crippen LogP contribution < -0.4 is 0 Å². The molecule has 0 aromatic carbocycles. The quantitative estimate of drug-likeness (QED) is 0.629. The van der Waals surface area contributed by atoms with Crippen molar-refractivity contribution < 1.29 is 9.53 Å². The third-order valence-corrected chi connectivity index (χ3v) is 1.67. The third-order valence-electron chi connectivity index (χ3n) is 1.56. The van der Waals surface area contributed by atoms with Gasteiger partial charge in [-0.05, 0) is 30.0 Å². The van der Waals surface area contributed by atoms with Crippen molar-refractivity contribution in [3.05, 3.63) is 23.8 Å². The largest absolute Gasteiger partial charge is 0.368 e. The first-order valence-corrected chi connectivity index (χ1v) is 4.28. The van der Waals surface area contributed by atoms with Gasteiger partial charge in [-0.3, -0.25) is 4.79 Å². The lowest BCUT2D eigenvalue weighted by Crippen LogP contribution is -2.04. The summed E-state index contributed by atoms with van der Waals surface area (Å²) in [5.74, 6) is 0. The average molecular weight is 187 g/mol. The van der Waals surface area contributed by atoms with Gasteiger partial charge >= 0.3 is 0 Å². The lowest BCUT2D eigenvalue weighted by atomic mass is 10.1. The van der Waals surface area contributed by atoms with Gasteiger partial charge in [0.25, 0.3) is 0 Å². The van der Waals surface area contributed by atoms with Crippen LogP contribution in [0.25, 0.3) is 0 Å². The zero-order valence-corrected chi connectivity index (χ0v) is 7.51. The highest BCUT2D eigenvalue weighted by molar-refractivity contribution is 6.63.